The van der Waals surface area contributed by atoms with Crippen molar-refractivity contribution < 1.29 is 0 Å². The molecule has 0 bridgehead atoms. The van der Waals surface area contributed by atoms with Gasteiger partial charge in [0.1, 0.15) is 0 Å². The molecule has 0 spiro atoms. The van der Waals surface area contributed by atoms with Crippen molar-refractivity contribution in [1.29, 1.82) is 0 Å². The van der Waals surface area contributed by atoms with Crippen molar-refractivity contribution in [2.45, 2.75) is 237 Å². The second-order valence-electron chi connectivity index (χ2n) is 13.6. The van der Waals surface area contributed by atoms with Gasteiger partial charge in [-0.25, -0.2) is 0 Å². The minimum atomic E-state index is -0.538. The fourth-order valence-corrected chi connectivity index (χ4v) is 9.54. The summed E-state index contributed by atoms with van der Waals surface area (Å²) >= 11 is 0. The maximum absolute atomic E-state index is 4.08. The van der Waals surface area contributed by atoms with E-state index < -0.39 is 8.80 Å². The predicted molar refractivity (Wildman–Crippen MR) is 191 cm³/mol. The van der Waals surface area contributed by atoms with Crippen molar-refractivity contribution in [2.24, 2.45) is 0 Å². The Morgan fingerprint density at radius 1 is 0.325 bits per heavy atom. The van der Waals surface area contributed by atoms with Gasteiger partial charge in [0, 0.05) is 8.80 Å². The van der Waals surface area contributed by atoms with Gasteiger partial charge in [-0.3, -0.25) is 0 Å². The van der Waals surface area contributed by atoms with E-state index in [9.17, 15) is 0 Å². The molecule has 0 heterocycles. The van der Waals surface area contributed by atoms with Crippen LogP contribution in [0.3, 0.4) is 0 Å². The van der Waals surface area contributed by atoms with Crippen molar-refractivity contribution in [3.8, 4) is 0 Å². The first-order chi connectivity index (χ1) is 19.8. The number of allylic oxidation sites excluding steroid dienone is 1. The van der Waals surface area contributed by atoms with Gasteiger partial charge in [0.2, 0.25) is 0 Å². The summed E-state index contributed by atoms with van der Waals surface area (Å²) in [6.45, 7) is 8.70. The smallest absolute Gasteiger partial charge is 0.0405 e. The molecule has 0 fully saturated rings. The molecule has 0 atom stereocenters. The lowest BCUT2D eigenvalue weighted by Crippen LogP contribution is -2.10. The summed E-state index contributed by atoms with van der Waals surface area (Å²) < 4.78 is 0. The molecule has 0 amide bonds. The standard InChI is InChI=1S/C39H80Si/c1-4-7-9-11-13-15-17-19-21-23-25-27-29-31-33-35-38-40(37-6-3)39-36-34-32-30-28-26-24-22-20-18-16-14-12-10-8-5-2/h6,40H,3-5,7-39H2,1-2H3. The largest absolute Gasteiger partial charge is 0.103 e. The van der Waals surface area contributed by atoms with Gasteiger partial charge < -0.3 is 0 Å². The molecule has 240 valence electrons. The maximum atomic E-state index is 4.08. The normalized spacial score (nSPS) is 11.6. The van der Waals surface area contributed by atoms with Crippen LogP contribution >= 0.6 is 0 Å². The van der Waals surface area contributed by atoms with Crippen molar-refractivity contribution in [3.63, 3.8) is 0 Å². The first-order valence-electron chi connectivity index (χ1n) is 19.5. The maximum Gasteiger partial charge on any atom is 0.0405 e. The fraction of sp³-hybridized carbons (Fsp3) is 0.949. The van der Waals surface area contributed by atoms with Crippen LogP contribution < -0.4 is 0 Å². The molecule has 0 nitrogen and oxygen atoms in total. The predicted octanol–water partition coefficient (Wildman–Crippen LogP) is 14.9. The molecule has 0 aliphatic carbocycles. The summed E-state index contributed by atoms with van der Waals surface area (Å²) in [5, 5.41) is 0. The molecule has 0 aliphatic rings. The lowest BCUT2D eigenvalue weighted by Gasteiger charge is -2.13. The number of hydrogen-bond donors (Lipinski definition) is 0. The van der Waals surface area contributed by atoms with Crippen LogP contribution in [0.25, 0.3) is 0 Å². The van der Waals surface area contributed by atoms with E-state index in [1.165, 1.54) is 212 Å². The van der Waals surface area contributed by atoms with Crippen LogP contribution in [0.4, 0.5) is 0 Å². The van der Waals surface area contributed by atoms with E-state index in [1.807, 2.05) is 0 Å². The third kappa shape index (κ3) is 34.2. The zero-order valence-electron chi connectivity index (χ0n) is 28.6. The van der Waals surface area contributed by atoms with E-state index in [1.54, 1.807) is 12.1 Å². The zero-order chi connectivity index (χ0) is 29.0. The highest BCUT2D eigenvalue weighted by Crippen LogP contribution is 2.19. The highest BCUT2D eigenvalue weighted by molar-refractivity contribution is 6.59. The fourth-order valence-electron chi connectivity index (χ4n) is 6.58. The van der Waals surface area contributed by atoms with Gasteiger partial charge in [-0.2, -0.15) is 0 Å². The molecule has 0 saturated carbocycles. The SMILES string of the molecule is C=CC[SiH](CCCCCCCCCCCCCCCCCC)CCCCCCCCCCCCCCCCCC. The summed E-state index contributed by atoms with van der Waals surface area (Å²) in [5.74, 6) is 0. The van der Waals surface area contributed by atoms with Gasteiger partial charge in [0.05, 0.1) is 0 Å². The molecule has 0 aromatic carbocycles. The second kappa shape index (κ2) is 37.0. The number of unbranched alkanes of at least 4 members (excludes halogenated alkanes) is 30. The van der Waals surface area contributed by atoms with Crippen LogP contribution in [0.2, 0.25) is 18.1 Å². The quantitative estimate of drug-likeness (QED) is 0.0395. The molecule has 0 unspecified atom stereocenters. The summed E-state index contributed by atoms with van der Waals surface area (Å²) in [5.41, 5.74) is 0. The van der Waals surface area contributed by atoms with Crippen LogP contribution in [-0.2, 0) is 0 Å². The Morgan fingerprint density at radius 3 is 0.725 bits per heavy atom. The topological polar surface area (TPSA) is 0 Å². The van der Waals surface area contributed by atoms with E-state index in [0.29, 0.717) is 0 Å². The van der Waals surface area contributed by atoms with Gasteiger partial charge >= 0.3 is 0 Å². The van der Waals surface area contributed by atoms with Crippen LogP contribution in [0.5, 0.6) is 0 Å². The zero-order valence-corrected chi connectivity index (χ0v) is 29.8. The van der Waals surface area contributed by atoms with Crippen LogP contribution in [-0.4, -0.2) is 8.80 Å². The van der Waals surface area contributed by atoms with Crippen molar-refractivity contribution >= 4 is 8.80 Å². The number of hydrogen-bond acceptors (Lipinski definition) is 0. The molecule has 40 heavy (non-hydrogen) atoms. The molecule has 0 radical (unpaired) electrons. The summed E-state index contributed by atoms with van der Waals surface area (Å²) in [6, 6.07) is 4.56. The van der Waals surface area contributed by atoms with Crippen LogP contribution in [0.15, 0.2) is 12.7 Å². The van der Waals surface area contributed by atoms with Crippen molar-refractivity contribution in [3.05, 3.63) is 12.7 Å². The van der Waals surface area contributed by atoms with E-state index in [4.69, 9.17) is 0 Å². The molecule has 0 saturated heterocycles. The minimum Gasteiger partial charge on any atom is -0.103 e. The lowest BCUT2D eigenvalue weighted by atomic mass is 10.0. The average molecular weight is 577 g/mol. The van der Waals surface area contributed by atoms with Gasteiger partial charge in [-0.15, -0.1) is 6.58 Å². The third-order valence-electron chi connectivity index (χ3n) is 9.43. The number of rotatable bonds is 36. The molecular formula is C39H80Si. The Kier molecular flexibility index (Phi) is 36.9. The molecular weight excluding hydrogens is 497 g/mol. The highest BCUT2D eigenvalue weighted by Gasteiger charge is 2.08. The highest BCUT2D eigenvalue weighted by atomic mass is 28.3. The van der Waals surface area contributed by atoms with E-state index in [-0.39, 0.29) is 0 Å². The Balaban J connectivity index is 3.36. The van der Waals surface area contributed by atoms with E-state index >= 15 is 0 Å². The van der Waals surface area contributed by atoms with Gasteiger partial charge in [0.15, 0.2) is 0 Å². The third-order valence-corrected chi connectivity index (χ3v) is 12.9. The van der Waals surface area contributed by atoms with Crippen molar-refractivity contribution in [1.82, 2.24) is 0 Å². The average Bonchev–Trinajstić information content (AvgIpc) is 2.96. The Hall–Kier alpha value is -0.0431. The first kappa shape index (κ1) is 40.0. The monoisotopic (exact) mass is 577 g/mol. The van der Waals surface area contributed by atoms with Gasteiger partial charge in [0.25, 0.3) is 0 Å². The molecule has 1 heteroatoms. The Labute approximate surface area is 258 Å². The second-order valence-corrected chi connectivity index (χ2v) is 16.9. The van der Waals surface area contributed by atoms with E-state index in [2.05, 4.69) is 26.5 Å². The first-order valence-corrected chi connectivity index (χ1v) is 21.9. The molecule has 0 N–H and O–H groups in total. The summed E-state index contributed by atoms with van der Waals surface area (Å²) in [6.07, 6.45) is 49.6. The summed E-state index contributed by atoms with van der Waals surface area (Å²) in [4.78, 5) is 0. The van der Waals surface area contributed by atoms with Crippen LogP contribution in [0, 0.1) is 0 Å². The summed E-state index contributed by atoms with van der Waals surface area (Å²) in [7, 11) is -0.538. The Bertz CT molecular complexity index is 408. The lowest BCUT2D eigenvalue weighted by molar-refractivity contribution is 0.530. The molecule has 0 rings (SSSR count). The van der Waals surface area contributed by atoms with Gasteiger partial charge in [-0.05, 0) is 6.04 Å². The Morgan fingerprint density at radius 2 is 0.525 bits per heavy atom. The van der Waals surface area contributed by atoms with Crippen LogP contribution in [0.1, 0.15) is 219 Å². The van der Waals surface area contributed by atoms with E-state index in [0.717, 1.165) is 0 Å². The molecule has 0 aromatic heterocycles. The minimum absolute atomic E-state index is 0.538. The van der Waals surface area contributed by atoms with Gasteiger partial charge in [-0.1, -0.05) is 237 Å². The van der Waals surface area contributed by atoms with Crippen molar-refractivity contribution in [2.75, 3.05) is 0 Å². The molecule has 0 aliphatic heterocycles. The molecule has 0 aromatic rings.